The zero-order valence-electron chi connectivity index (χ0n) is 16.8. The quantitative estimate of drug-likeness (QED) is 0.545. The van der Waals surface area contributed by atoms with Crippen LogP contribution in [0, 0.1) is 0 Å². The van der Waals surface area contributed by atoms with E-state index in [0.29, 0.717) is 19.4 Å². The number of hydrogen-bond donors (Lipinski definition) is 0. The molecule has 0 spiro atoms. The summed E-state index contributed by atoms with van der Waals surface area (Å²) in [5.74, 6) is -0.304. The summed E-state index contributed by atoms with van der Waals surface area (Å²) in [4.78, 5) is 43.3. The highest BCUT2D eigenvalue weighted by atomic mass is 32.1. The molecule has 1 fully saturated rings. The molecule has 3 amide bonds. The van der Waals surface area contributed by atoms with E-state index in [1.165, 1.54) is 9.60 Å². The Morgan fingerprint density at radius 3 is 2.47 bits per heavy atom. The molecule has 0 bridgehead atoms. The lowest BCUT2D eigenvalue weighted by Gasteiger charge is -2.19. The molecule has 1 saturated heterocycles. The average molecular weight is 422 g/mol. The Hall–Kier alpha value is -3.06. The molecule has 2 heterocycles. The second-order valence-corrected chi connectivity index (χ2v) is 8.53. The van der Waals surface area contributed by atoms with Crippen molar-refractivity contribution in [3.63, 3.8) is 0 Å². The number of aromatic nitrogens is 1. The van der Waals surface area contributed by atoms with Crippen molar-refractivity contribution >= 4 is 45.0 Å². The maximum Gasteiger partial charge on any atom is 0.229 e. The Morgan fingerprint density at radius 2 is 1.77 bits per heavy atom. The van der Waals surface area contributed by atoms with Crippen LogP contribution in [-0.2, 0) is 20.8 Å². The van der Waals surface area contributed by atoms with E-state index < -0.39 is 0 Å². The summed E-state index contributed by atoms with van der Waals surface area (Å²) in [6.45, 7) is 0.318. The van der Waals surface area contributed by atoms with Gasteiger partial charge in [-0.2, -0.15) is 0 Å². The van der Waals surface area contributed by atoms with E-state index in [4.69, 9.17) is 0 Å². The van der Waals surface area contributed by atoms with Crippen LogP contribution < -0.4 is 4.90 Å². The smallest absolute Gasteiger partial charge is 0.229 e. The minimum Gasteiger partial charge on any atom is -0.316 e. The second-order valence-electron chi connectivity index (χ2n) is 7.41. The minimum absolute atomic E-state index is 0.0342. The zero-order chi connectivity index (χ0) is 21.1. The number of rotatable bonds is 7. The largest absolute Gasteiger partial charge is 0.316 e. The topological polar surface area (TPSA) is 70.6 Å². The highest BCUT2D eigenvalue weighted by Gasteiger charge is 2.28. The number of carbonyl (C=O) groups excluding carboxylic acids is 3. The Bertz CT molecular complexity index is 1040. The molecule has 1 aromatic heterocycles. The van der Waals surface area contributed by atoms with E-state index in [2.05, 4.69) is 11.1 Å². The van der Waals surface area contributed by atoms with Crippen LogP contribution >= 0.6 is 11.3 Å². The van der Waals surface area contributed by atoms with Gasteiger partial charge >= 0.3 is 0 Å². The van der Waals surface area contributed by atoms with E-state index in [1.54, 1.807) is 23.3 Å². The Balaban J connectivity index is 1.31. The number of anilines is 1. The number of imide groups is 1. The van der Waals surface area contributed by atoms with Gasteiger partial charge in [0.25, 0.3) is 0 Å². The number of likely N-dealkylation sites (tertiary alicyclic amines) is 1. The molecule has 0 saturated carbocycles. The van der Waals surface area contributed by atoms with Crippen LogP contribution in [0.2, 0.25) is 0 Å². The Morgan fingerprint density at radius 1 is 1.07 bits per heavy atom. The van der Waals surface area contributed by atoms with E-state index >= 15 is 0 Å². The third-order valence-electron chi connectivity index (χ3n) is 5.32. The number of amides is 3. The van der Waals surface area contributed by atoms with Gasteiger partial charge in [0, 0.05) is 45.0 Å². The van der Waals surface area contributed by atoms with E-state index in [9.17, 15) is 14.4 Å². The fourth-order valence-corrected chi connectivity index (χ4v) is 4.58. The van der Waals surface area contributed by atoms with Crippen molar-refractivity contribution in [1.29, 1.82) is 0 Å². The van der Waals surface area contributed by atoms with Gasteiger partial charge in [-0.05, 0) is 36.2 Å². The van der Waals surface area contributed by atoms with E-state index in [1.807, 2.05) is 42.5 Å². The highest BCUT2D eigenvalue weighted by Crippen LogP contribution is 2.24. The number of fused-ring (bicyclic) bond motifs is 1. The molecule has 7 heteroatoms. The number of para-hydroxylation sites is 1. The summed E-state index contributed by atoms with van der Waals surface area (Å²) >= 11 is 1.70. The summed E-state index contributed by atoms with van der Waals surface area (Å²) in [5, 5.41) is 1.07. The summed E-state index contributed by atoms with van der Waals surface area (Å²) < 4.78 is 1.19. The number of benzene rings is 2. The van der Waals surface area contributed by atoms with Crippen LogP contribution in [0.1, 0.15) is 36.3 Å². The molecule has 0 aliphatic carbocycles. The van der Waals surface area contributed by atoms with Gasteiger partial charge in [0.1, 0.15) is 0 Å². The predicted octanol–water partition coefficient (Wildman–Crippen LogP) is 3.78. The van der Waals surface area contributed by atoms with Crippen molar-refractivity contribution in [2.45, 2.75) is 32.1 Å². The Kier molecular flexibility index (Phi) is 5.90. The fraction of sp³-hybridized carbons (Fsp3) is 0.304. The minimum atomic E-state index is -0.135. The lowest BCUT2D eigenvalue weighted by molar-refractivity contribution is -0.138. The average Bonchev–Trinajstić information content (AvgIpc) is 3.30. The number of nitrogens with zero attached hydrogens (tertiary/aromatic N) is 3. The maximum atomic E-state index is 12.5. The standard InChI is InChI=1S/C23H23N3O3S/c1-25(21(27)7-4-14-26-22(28)12-13-23(26)29)17-10-8-16(9-11-17)15-20-24-18-5-2-3-6-19(18)30-20/h2-3,5-6,8-11H,4,7,12-15H2,1H3. The van der Waals surface area contributed by atoms with Crippen molar-refractivity contribution in [2.75, 3.05) is 18.5 Å². The fourth-order valence-electron chi connectivity index (χ4n) is 3.58. The molecule has 6 nitrogen and oxygen atoms in total. The normalized spacial score (nSPS) is 14.0. The summed E-state index contributed by atoms with van der Waals surface area (Å²) in [5.41, 5.74) is 2.99. The molecule has 1 aliphatic heterocycles. The molecular weight excluding hydrogens is 398 g/mol. The van der Waals surface area contributed by atoms with Gasteiger partial charge in [-0.3, -0.25) is 19.3 Å². The predicted molar refractivity (Wildman–Crippen MR) is 117 cm³/mol. The first-order valence-electron chi connectivity index (χ1n) is 10.0. The molecular formula is C23H23N3O3S. The van der Waals surface area contributed by atoms with Gasteiger partial charge < -0.3 is 4.90 Å². The summed E-state index contributed by atoms with van der Waals surface area (Å²) in [7, 11) is 1.75. The van der Waals surface area contributed by atoms with Crippen LogP contribution in [0.15, 0.2) is 48.5 Å². The Labute approximate surface area is 179 Å². The molecule has 0 N–H and O–H groups in total. The van der Waals surface area contributed by atoms with Gasteiger partial charge in [0.15, 0.2) is 0 Å². The molecule has 4 rings (SSSR count). The second kappa shape index (κ2) is 8.75. The first-order valence-corrected chi connectivity index (χ1v) is 10.9. The maximum absolute atomic E-state index is 12.5. The van der Waals surface area contributed by atoms with E-state index in [-0.39, 0.29) is 30.6 Å². The van der Waals surface area contributed by atoms with Crippen molar-refractivity contribution < 1.29 is 14.4 Å². The van der Waals surface area contributed by atoms with Crippen molar-refractivity contribution in [2.24, 2.45) is 0 Å². The van der Waals surface area contributed by atoms with Gasteiger partial charge in [-0.15, -0.1) is 11.3 Å². The SMILES string of the molecule is CN(C(=O)CCCN1C(=O)CCC1=O)c1ccc(Cc2nc3ccccc3s2)cc1. The zero-order valence-corrected chi connectivity index (χ0v) is 17.7. The summed E-state index contributed by atoms with van der Waals surface area (Å²) in [6, 6.07) is 16.0. The van der Waals surface area contributed by atoms with Crippen molar-refractivity contribution in [1.82, 2.24) is 9.88 Å². The number of hydrogen-bond acceptors (Lipinski definition) is 5. The van der Waals surface area contributed by atoms with Gasteiger partial charge in [-0.1, -0.05) is 24.3 Å². The molecule has 30 heavy (non-hydrogen) atoms. The molecule has 2 aromatic carbocycles. The van der Waals surface area contributed by atoms with Gasteiger partial charge in [-0.25, -0.2) is 4.98 Å². The molecule has 0 atom stereocenters. The lowest BCUT2D eigenvalue weighted by atomic mass is 10.1. The van der Waals surface area contributed by atoms with E-state index in [0.717, 1.165) is 28.2 Å². The molecule has 154 valence electrons. The third-order valence-corrected chi connectivity index (χ3v) is 6.35. The number of carbonyl (C=O) groups is 3. The molecule has 0 radical (unpaired) electrons. The first kappa shape index (κ1) is 20.2. The lowest BCUT2D eigenvalue weighted by Crippen LogP contribution is -2.32. The highest BCUT2D eigenvalue weighted by molar-refractivity contribution is 7.18. The van der Waals surface area contributed by atoms with Crippen LogP contribution in [-0.4, -0.2) is 41.2 Å². The van der Waals surface area contributed by atoms with Crippen LogP contribution in [0.4, 0.5) is 5.69 Å². The van der Waals surface area contributed by atoms with Gasteiger partial charge in [0.05, 0.1) is 15.2 Å². The van der Waals surface area contributed by atoms with Crippen molar-refractivity contribution in [3.8, 4) is 0 Å². The first-order chi connectivity index (χ1) is 14.5. The molecule has 3 aromatic rings. The monoisotopic (exact) mass is 421 g/mol. The van der Waals surface area contributed by atoms with Gasteiger partial charge in [0.2, 0.25) is 17.7 Å². The summed E-state index contributed by atoms with van der Waals surface area (Å²) in [6.07, 6.45) is 2.11. The molecule has 1 aliphatic rings. The van der Waals surface area contributed by atoms with Crippen molar-refractivity contribution in [3.05, 3.63) is 59.1 Å². The van der Waals surface area contributed by atoms with Crippen LogP contribution in [0.3, 0.4) is 0 Å². The van der Waals surface area contributed by atoms with Crippen LogP contribution in [0.5, 0.6) is 0 Å². The van der Waals surface area contributed by atoms with Crippen LogP contribution in [0.25, 0.3) is 10.2 Å². The number of thiazole rings is 1. The third kappa shape index (κ3) is 4.41. The molecule has 0 unspecified atom stereocenters.